The van der Waals surface area contributed by atoms with Crippen LogP contribution < -0.4 is 14.8 Å². The van der Waals surface area contributed by atoms with E-state index < -0.39 is 0 Å². The SMILES string of the molecule is CC[C@H](NC(=O)CN1CCN(Cc2ccc(OC)c(OC)c2)CC1)c1ccc(C)cc1. The van der Waals surface area contributed by atoms with Crippen LogP contribution in [0, 0.1) is 6.92 Å². The lowest BCUT2D eigenvalue weighted by atomic mass is 10.0. The molecule has 31 heavy (non-hydrogen) atoms. The van der Waals surface area contributed by atoms with Gasteiger partial charge >= 0.3 is 0 Å². The highest BCUT2D eigenvalue weighted by molar-refractivity contribution is 5.78. The molecule has 1 N–H and O–H groups in total. The number of carbonyl (C=O) groups is 1. The van der Waals surface area contributed by atoms with Gasteiger partial charge in [0.25, 0.3) is 0 Å². The Morgan fingerprint density at radius 3 is 2.23 bits per heavy atom. The molecule has 0 spiro atoms. The van der Waals surface area contributed by atoms with Gasteiger partial charge in [0.2, 0.25) is 5.91 Å². The zero-order valence-electron chi connectivity index (χ0n) is 19.2. The highest BCUT2D eigenvalue weighted by Gasteiger charge is 2.21. The lowest BCUT2D eigenvalue weighted by Gasteiger charge is -2.34. The zero-order valence-corrected chi connectivity index (χ0v) is 19.2. The quantitative estimate of drug-likeness (QED) is 0.667. The summed E-state index contributed by atoms with van der Waals surface area (Å²) >= 11 is 0. The molecule has 6 heteroatoms. The molecule has 2 aromatic rings. The standard InChI is InChI=1S/C25H35N3O3/c1-5-22(21-9-6-19(2)7-10-21)26-25(29)18-28-14-12-27(13-15-28)17-20-8-11-23(30-3)24(16-20)31-4/h6-11,16,22H,5,12-15,17-18H2,1-4H3,(H,26,29)/t22-/m0/s1. The zero-order chi connectivity index (χ0) is 22.2. The third kappa shape index (κ3) is 6.45. The number of carbonyl (C=O) groups excluding carboxylic acids is 1. The molecular formula is C25H35N3O3. The van der Waals surface area contributed by atoms with Gasteiger partial charge in [-0.05, 0) is 36.6 Å². The Bertz CT molecular complexity index is 846. The summed E-state index contributed by atoms with van der Waals surface area (Å²) in [5.41, 5.74) is 3.60. The number of methoxy groups -OCH3 is 2. The van der Waals surface area contributed by atoms with E-state index in [2.05, 4.69) is 59.3 Å². The van der Waals surface area contributed by atoms with Crippen molar-refractivity contribution < 1.29 is 14.3 Å². The predicted octanol–water partition coefficient (Wildman–Crippen LogP) is 3.40. The highest BCUT2D eigenvalue weighted by Crippen LogP contribution is 2.28. The van der Waals surface area contributed by atoms with Gasteiger partial charge in [0, 0.05) is 32.7 Å². The van der Waals surface area contributed by atoms with E-state index in [0.717, 1.165) is 50.6 Å². The van der Waals surface area contributed by atoms with Crippen LogP contribution in [0.2, 0.25) is 0 Å². The molecule has 1 amide bonds. The molecule has 1 fully saturated rings. The number of hydrogen-bond acceptors (Lipinski definition) is 5. The number of ether oxygens (including phenoxy) is 2. The Labute approximate surface area is 186 Å². The van der Waals surface area contributed by atoms with Crippen LogP contribution in [0.1, 0.15) is 36.1 Å². The smallest absolute Gasteiger partial charge is 0.234 e. The molecule has 2 aromatic carbocycles. The number of amides is 1. The monoisotopic (exact) mass is 425 g/mol. The Kier molecular flexibility index (Phi) is 8.32. The second-order valence-corrected chi connectivity index (χ2v) is 8.18. The van der Waals surface area contributed by atoms with E-state index in [0.29, 0.717) is 6.54 Å². The van der Waals surface area contributed by atoms with Crippen molar-refractivity contribution in [1.29, 1.82) is 0 Å². The Morgan fingerprint density at radius 1 is 0.968 bits per heavy atom. The molecule has 168 valence electrons. The second kappa shape index (κ2) is 11.2. The lowest BCUT2D eigenvalue weighted by Crippen LogP contribution is -2.49. The summed E-state index contributed by atoms with van der Waals surface area (Å²) in [6.07, 6.45) is 0.883. The lowest BCUT2D eigenvalue weighted by molar-refractivity contribution is -0.123. The first-order chi connectivity index (χ1) is 15.0. The van der Waals surface area contributed by atoms with E-state index in [9.17, 15) is 4.79 Å². The van der Waals surface area contributed by atoms with Crippen molar-refractivity contribution in [2.75, 3.05) is 46.9 Å². The summed E-state index contributed by atoms with van der Waals surface area (Å²) in [4.78, 5) is 17.3. The summed E-state index contributed by atoms with van der Waals surface area (Å²) in [5, 5.41) is 3.20. The van der Waals surface area contributed by atoms with Crippen molar-refractivity contribution in [2.45, 2.75) is 32.9 Å². The van der Waals surface area contributed by atoms with Crippen LogP contribution in [0.25, 0.3) is 0 Å². The normalized spacial score (nSPS) is 16.0. The third-order valence-electron chi connectivity index (χ3n) is 5.91. The van der Waals surface area contributed by atoms with E-state index in [4.69, 9.17) is 9.47 Å². The summed E-state index contributed by atoms with van der Waals surface area (Å²) in [7, 11) is 3.31. The van der Waals surface area contributed by atoms with Crippen LogP contribution in [0.15, 0.2) is 42.5 Å². The molecule has 6 nitrogen and oxygen atoms in total. The van der Waals surface area contributed by atoms with Crippen LogP contribution in [0.3, 0.4) is 0 Å². The van der Waals surface area contributed by atoms with Crippen LogP contribution in [-0.4, -0.2) is 62.7 Å². The average Bonchev–Trinajstić information content (AvgIpc) is 2.79. The van der Waals surface area contributed by atoms with Crippen molar-refractivity contribution in [3.8, 4) is 11.5 Å². The van der Waals surface area contributed by atoms with Gasteiger partial charge in [0.15, 0.2) is 11.5 Å². The molecule has 1 heterocycles. The van der Waals surface area contributed by atoms with E-state index in [1.807, 2.05) is 12.1 Å². The van der Waals surface area contributed by atoms with Gasteiger partial charge in [-0.1, -0.05) is 42.8 Å². The first kappa shape index (κ1) is 23.1. The van der Waals surface area contributed by atoms with Crippen LogP contribution in [0.5, 0.6) is 11.5 Å². The van der Waals surface area contributed by atoms with Gasteiger partial charge in [0.1, 0.15) is 0 Å². The first-order valence-corrected chi connectivity index (χ1v) is 11.0. The van der Waals surface area contributed by atoms with Crippen LogP contribution >= 0.6 is 0 Å². The first-order valence-electron chi connectivity index (χ1n) is 11.0. The van der Waals surface area contributed by atoms with Gasteiger partial charge in [-0.25, -0.2) is 0 Å². The van der Waals surface area contributed by atoms with Gasteiger partial charge in [0.05, 0.1) is 26.8 Å². The van der Waals surface area contributed by atoms with Gasteiger partial charge < -0.3 is 14.8 Å². The summed E-state index contributed by atoms with van der Waals surface area (Å²) in [5.74, 6) is 1.60. The maximum atomic E-state index is 12.6. The average molecular weight is 426 g/mol. The number of nitrogens with one attached hydrogen (secondary N) is 1. The van der Waals surface area contributed by atoms with E-state index in [1.54, 1.807) is 14.2 Å². The van der Waals surface area contributed by atoms with Crippen molar-refractivity contribution in [3.05, 3.63) is 59.2 Å². The number of piperazine rings is 1. The number of rotatable bonds is 9. The summed E-state index contributed by atoms with van der Waals surface area (Å²) in [6.45, 7) is 9.17. The number of hydrogen-bond donors (Lipinski definition) is 1. The van der Waals surface area contributed by atoms with Gasteiger partial charge in [-0.2, -0.15) is 0 Å². The fourth-order valence-corrected chi connectivity index (χ4v) is 4.01. The number of aryl methyl sites for hydroxylation is 1. The van der Waals surface area contributed by atoms with Crippen LogP contribution in [-0.2, 0) is 11.3 Å². The van der Waals surface area contributed by atoms with Gasteiger partial charge in [-0.3, -0.25) is 14.6 Å². The minimum atomic E-state index is 0.0689. The molecule has 3 rings (SSSR count). The van der Waals surface area contributed by atoms with Crippen molar-refractivity contribution >= 4 is 5.91 Å². The largest absolute Gasteiger partial charge is 0.493 e. The molecule has 0 bridgehead atoms. The third-order valence-corrected chi connectivity index (χ3v) is 5.91. The Balaban J connectivity index is 1.46. The van der Waals surface area contributed by atoms with Crippen molar-refractivity contribution in [2.24, 2.45) is 0 Å². The predicted molar refractivity (Wildman–Crippen MR) is 124 cm³/mol. The molecule has 1 saturated heterocycles. The maximum absolute atomic E-state index is 12.6. The number of nitrogens with zero attached hydrogens (tertiary/aromatic N) is 2. The molecule has 0 radical (unpaired) electrons. The summed E-state index contributed by atoms with van der Waals surface area (Å²) in [6, 6.07) is 14.6. The minimum Gasteiger partial charge on any atom is -0.493 e. The molecule has 1 atom stereocenters. The summed E-state index contributed by atoms with van der Waals surface area (Å²) < 4.78 is 10.7. The fourth-order valence-electron chi connectivity index (χ4n) is 4.01. The van der Waals surface area contributed by atoms with E-state index in [1.165, 1.54) is 16.7 Å². The number of benzene rings is 2. The van der Waals surface area contributed by atoms with Crippen molar-refractivity contribution in [3.63, 3.8) is 0 Å². The highest BCUT2D eigenvalue weighted by atomic mass is 16.5. The van der Waals surface area contributed by atoms with Crippen LogP contribution in [0.4, 0.5) is 0 Å². The van der Waals surface area contributed by atoms with E-state index >= 15 is 0 Å². The molecule has 0 aliphatic carbocycles. The molecule has 1 aliphatic heterocycles. The van der Waals surface area contributed by atoms with Crippen molar-refractivity contribution in [1.82, 2.24) is 15.1 Å². The molecule has 1 aliphatic rings. The van der Waals surface area contributed by atoms with E-state index in [-0.39, 0.29) is 11.9 Å². The molecular weight excluding hydrogens is 390 g/mol. The molecule has 0 aromatic heterocycles. The minimum absolute atomic E-state index is 0.0689. The maximum Gasteiger partial charge on any atom is 0.234 e. The topological polar surface area (TPSA) is 54.0 Å². The fraction of sp³-hybridized carbons (Fsp3) is 0.480. The molecule has 0 saturated carbocycles. The molecule has 0 unspecified atom stereocenters. The van der Waals surface area contributed by atoms with Gasteiger partial charge in [-0.15, -0.1) is 0 Å². The Morgan fingerprint density at radius 2 is 1.61 bits per heavy atom. The second-order valence-electron chi connectivity index (χ2n) is 8.18. The Hall–Kier alpha value is -2.57.